The molecule has 0 bridgehead atoms. The monoisotopic (exact) mass is 334 g/mol. The van der Waals surface area contributed by atoms with Crippen LogP contribution in [0.25, 0.3) is 11.3 Å². The van der Waals surface area contributed by atoms with Crippen molar-refractivity contribution in [1.29, 1.82) is 0 Å². The van der Waals surface area contributed by atoms with Crippen LogP contribution in [0, 0.1) is 6.92 Å². The lowest BCUT2D eigenvalue weighted by atomic mass is 10.2. The van der Waals surface area contributed by atoms with Gasteiger partial charge in [-0.1, -0.05) is 30.3 Å². The molecule has 2 heterocycles. The summed E-state index contributed by atoms with van der Waals surface area (Å²) in [5.41, 5.74) is 1.42. The Bertz CT molecular complexity index is 1010. The number of aromatic nitrogens is 3. The molecule has 0 unspecified atom stereocenters. The zero-order valence-electron chi connectivity index (χ0n) is 13.4. The Balaban J connectivity index is 1.72. The van der Waals surface area contributed by atoms with E-state index >= 15 is 0 Å². The van der Waals surface area contributed by atoms with Gasteiger partial charge in [-0.15, -0.1) is 10.2 Å². The molecule has 2 aromatic carbocycles. The molecule has 1 aromatic heterocycles. The molecule has 0 N–H and O–H groups in total. The van der Waals surface area contributed by atoms with Crippen LogP contribution in [0.3, 0.4) is 0 Å². The average molecular weight is 334 g/mol. The molecular formula is C18H14N4O3. The Kier molecular flexibility index (Phi) is 3.74. The van der Waals surface area contributed by atoms with Crippen LogP contribution in [0.4, 0.5) is 0 Å². The third-order valence-electron chi connectivity index (χ3n) is 3.76. The first-order valence-corrected chi connectivity index (χ1v) is 7.68. The van der Waals surface area contributed by atoms with Crippen molar-refractivity contribution < 1.29 is 9.47 Å². The maximum absolute atomic E-state index is 12.7. The summed E-state index contributed by atoms with van der Waals surface area (Å²) >= 11 is 0. The normalized spacial score (nSPS) is 12.7. The maximum Gasteiger partial charge on any atom is 0.301 e. The molecule has 7 nitrogen and oxygen atoms in total. The zero-order chi connectivity index (χ0) is 17.2. The molecule has 0 saturated carbocycles. The lowest BCUT2D eigenvalue weighted by molar-refractivity contribution is 0.174. The summed E-state index contributed by atoms with van der Waals surface area (Å²) < 4.78 is 11.9. The Morgan fingerprint density at radius 2 is 1.88 bits per heavy atom. The molecule has 0 saturated heterocycles. The van der Waals surface area contributed by atoms with Crippen molar-refractivity contribution in [2.24, 2.45) is 5.10 Å². The molecule has 0 spiro atoms. The highest BCUT2D eigenvalue weighted by Gasteiger charge is 2.13. The summed E-state index contributed by atoms with van der Waals surface area (Å²) in [6, 6.07) is 14.6. The number of hydrogen-bond acceptors (Lipinski definition) is 6. The number of nitrogens with zero attached hydrogens (tertiary/aromatic N) is 4. The number of benzene rings is 2. The van der Waals surface area contributed by atoms with Crippen LogP contribution in [0.15, 0.2) is 58.4 Å². The van der Waals surface area contributed by atoms with Crippen LogP contribution in [-0.4, -0.2) is 27.9 Å². The van der Waals surface area contributed by atoms with Gasteiger partial charge in [0.15, 0.2) is 23.0 Å². The molecule has 7 heteroatoms. The van der Waals surface area contributed by atoms with Crippen molar-refractivity contribution in [3.8, 4) is 22.8 Å². The Morgan fingerprint density at radius 1 is 1.08 bits per heavy atom. The maximum atomic E-state index is 12.7. The smallest absolute Gasteiger partial charge is 0.301 e. The van der Waals surface area contributed by atoms with Crippen LogP contribution in [0.5, 0.6) is 11.5 Å². The fourth-order valence-corrected chi connectivity index (χ4v) is 2.49. The van der Waals surface area contributed by atoms with Crippen LogP contribution >= 0.6 is 0 Å². The molecule has 1 aliphatic rings. The molecule has 0 radical (unpaired) electrons. The van der Waals surface area contributed by atoms with Gasteiger partial charge in [-0.2, -0.15) is 9.78 Å². The molecule has 4 rings (SSSR count). The van der Waals surface area contributed by atoms with E-state index in [2.05, 4.69) is 15.3 Å². The van der Waals surface area contributed by atoms with Crippen molar-refractivity contribution in [2.45, 2.75) is 6.92 Å². The Hall–Kier alpha value is -3.48. The first kappa shape index (κ1) is 15.1. The van der Waals surface area contributed by atoms with Gasteiger partial charge in [0.2, 0.25) is 6.79 Å². The summed E-state index contributed by atoms with van der Waals surface area (Å²) in [6.45, 7) is 1.89. The second-order valence-corrected chi connectivity index (χ2v) is 5.44. The van der Waals surface area contributed by atoms with Crippen molar-refractivity contribution in [1.82, 2.24) is 14.9 Å². The number of hydrogen-bond donors (Lipinski definition) is 0. The third kappa shape index (κ3) is 2.87. The highest BCUT2D eigenvalue weighted by molar-refractivity contribution is 5.81. The molecule has 3 aromatic rings. The summed E-state index contributed by atoms with van der Waals surface area (Å²) in [5.74, 6) is 1.76. The van der Waals surface area contributed by atoms with E-state index in [-0.39, 0.29) is 18.0 Å². The fraction of sp³-hybridized carbons (Fsp3) is 0.111. The largest absolute Gasteiger partial charge is 0.454 e. The van der Waals surface area contributed by atoms with E-state index in [1.165, 1.54) is 4.68 Å². The van der Waals surface area contributed by atoms with Crippen LogP contribution < -0.4 is 15.0 Å². The van der Waals surface area contributed by atoms with Crippen molar-refractivity contribution in [3.05, 3.63) is 70.3 Å². The van der Waals surface area contributed by atoms with Gasteiger partial charge in [-0.3, -0.25) is 4.79 Å². The second kappa shape index (κ2) is 6.20. The topological polar surface area (TPSA) is 78.6 Å². The summed E-state index contributed by atoms with van der Waals surface area (Å²) in [7, 11) is 0. The summed E-state index contributed by atoms with van der Waals surface area (Å²) in [5, 5.41) is 12.3. The minimum Gasteiger partial charge on any atom is -0.454 e. The quantitative estimate of drug-likeness (QED) is 0.686. The van der Waals surface area contributed by atoms with E-state index < -0.39 is 0 Å². The van der Waals surface area contributed by atoms with Crippen molar-refractivity contribution in [2.75, 3.05) is 6.79 Å². The minimum atomic E-state index is -0.323. The first-order valence-electron chi connectivity index (χ1n) is 7.68. The third-order valence-corrected chi connectivity index (χ3v) is 3.76. The van der Waals surface area contributed by atoms with Gasteiger partial charge in [0.25, 0.3) is 0 Å². The van der Waals surface area contributed by atoms with Crippen LogP contribution in [-0.2, 0) is 0 Å². The van der Waals surface area contributed by atoms with Crippen molar-refractivity contribution in [3.63, 3.8) is 0 Å². The van der Waals surface area contributed by atoms with Gasteiger partial charge >= 0.3 is 5.56 Å². The molecule has 0 fully saturated rings. The average Bonchev–Trinajstić information content (AvgIpc) is 3.10. The molecule has 0 atom stereocenters. The standard InChI is InChI=1S/C18H14N4O3/c1-12-20-21-17(14-5-3-2-4-6-14)18(23)22(12)19-10-13-7-8-15-16(9-13)25-11-24-15/h2-10H,11H2,1H3. The molecule has 0 aliphatic carbocycles. The van der Waals surface area contributed by atoms with Gasteiger partial charge in [0, 0.05) is 5.56 Å². The van der Waals surface area contributed by atoms with E-state index in [1.54, 1.807) is 25.3 Å². The van der Waals surface area contributed by atoms with E-state index in [9.17, 15) is 4.79 Å². The number of rotatable bonds is 3. The predicted molar refractivity (Wildman–Crippen MR) is 92.0 cm³/mol. The minimum absolute atomic E-state index is 0.212. The lowest BCUT2D eigenvalue weighted by Crippen LogP contribution is -2.23. The molecular weight excluding hydrogens is 320 g/mol. The van der Waals surface area contributed by atoms with E-state index in [4.69, 9.17) is 9.47 Å². The summed E-state index contributed by atoms with van der Waals surface area (Å²) in [6.07, 6.45) is 1.58. The van der Waals surface area contributed by atoms with E-state index in [0.29, 0.717) is 22.9 Å². The van der Waals surface area contributed by atoms with Gasteiger partial charge in [0.05, 0.1) is 6.21 Å². The van der Waals surface area contributed by atoms with Crippen LogP contribution in [0.2, 0.25) is 0 Å². The van der Waals surface area contributed by atoms with Gasteiger partial charge in [0.1, 0.15) is 0 Å². The molecule has 0 amide bonds. The molecule has 124 valence electrons. The Labute approximate surface area is 143 Å². The zero-order valence-corrected chi connectivity index (χ0v) is 13.4. The Morgan fingerprint density at radius 3 is 2.72 bits per heavy atom. The molecule has 25 heavy (non-hydrogen) atoms. The second-order valence-electron chi connectivity index (χ2n) is 5.44. The van der Waals surface area contributed by atoms with E-state index in [0.717, 1.165) is 5.56 Å². The fourth-order valence-electron chi connectivity index (χ4n) is 2.49. The highest BCUT2D eigenvalue weighted by atomic mass is 16.7. The highest BCUT2D eigenvalue weighted by Crippen LogP contribution is 2.31. The van der Waals surface area contributed by atoms with Crippen LogP contribution in [0.1, 0.15) is 11.4 Å². The van der Waals surface area contributed by atoms with E-state index in [1.807, 2.05) is 36.4 Å². The predicted octanol–water partition coefficient (Wildman–Crippen LogP) is 2.22. The SMILES string of the molecule is Cc1nnc(-c2ccccc2)c(=O)n1N=Cc1ccc2c(c1)OCO2. The van der Waals surface area contributed by atoms with Gasteiger partial charge < -0.3 is 9.47 Å². The first-order chi connectivity index (χ1) is 12.2. The summed E-state index contributed by atoms with van der Waals surface area (Å²) in [4.78, 5) is 12.7. The number of aryl methyl sites for hydroxylation is 1. The molecule has 1 aliphatic heterocycles. The number of fused-ring (bicyclic) bond motifs is 1. The van der Waals surface area contributed by atoms with Crippen molar-refractivity contribution >= 4 is 6.21 Å². The van der Waals surface area contributed by atoms with Gasteiger partial charge in [-0.05, 0) is 30.7 Å². The van der Waals surface area contributed by atoms with Gasteiger partial charge in [-0.25, -0.2) is 0 Å². The number of ether oxygens (including phenoxy) is 2. The lowest BCUT2D eigenvalue weighted by Gasteiger charge is -2.05.